The van der Waals surface area contributed by atoms with E-state index in [0.717, 1.165) is 56.0 Å². The minimum atomic E-state index is -0.0565. The van der Waals surface area contributed by atoms with Crippen molar-refractivity contribution in [3.63, 3.8) is 0 Å². The summed E-state index contributed by atoms with van der Waals surface area (Å²) >= 11 is 0. The molecular formula is C24H31N3O2. The third-order valence-electron chi connectivity index (χ3n) is 5.08. The molecule has 3 rings (SSSR count). The summed E-state index contributed by atoms with van der Waals surface area (Å²) in [6.07, 6.45) is 4.39. The van der Waals surface area contributed by atoms with Gasteiger partial charge in [-0.25, -0.2) is 0 Å². The monoisotopic (exact) mass is 393 g/mol. The van der Waals surface area contributed by atoms with Crippen molar-refractivity contribution in [2.45, 2.75) is 13.0 Å². The second kappa shape index (κ2) is 11.4. The van der Waals surface area contributed by atoms with E-state index in [2.05, 4.69) is 22.2 Å². The third kappa shape index (κ3) is 7.72. The van der Waals surface area contributed by atoms with Gasteiger partial charge in [-0.15, -0.1) is 0 Å². The SMILES string of the molecule is CN1CCN(CCCNC(=O)/C=C/c2cccc(OCc3ccccc3)c2)CC1. The number of hydrogen-bond acceptors (Lipinski definition) is 4. The van der Waals surface area contributed by atoms with Gasteiger partial charge in [0.1, 0.15) is 12.4 Å². The van der Waals surface area contributed by atoms with Gasteiger partial charge < -0.3 is 19.9 Å². The Kier molecular flexibility index (Phi) is 8.28. The molecule has 154 valence electrons. The highest BCUT2D eigenvalue weighted by Crippen LogP contribution is 2.16. The number of rotatable bonds is 9. The molecule has 5 nitrogen and oxygen atoms in total. The lowest BCUT2D eigenvalue weighted by Crippen LogP contribution is -2.45. The highest BCUT2D eigenvalue weighted by molar-refractivity contribution is 5.91. The lowest BCUT2D eigenvalue weighted by atomic mass is 10.2. The highest BCUT2D eigenvalue weighted by Gasteiger charge is 2.12. The van der Waals surface area contributed by atoms with Gasteiger partial charge in [-0.1, -0.05) is 42.5 Å². The molecule has 0 unspecified atom stereocenters. The van der Waals surface area contributed by atoms with Crippen LogP contribution in [0.25, 0.3) is 6.08 Å². The first kappa shape index (κ1) is 21.1. The molecule has 0 saturated carbocycles. The van der Waals surface area contributed by atoms with Gasteiger partial charge in [0.2, 0.25) is 5.91 Å². The second-order valence-electron chi connectivity index (χ2n) is 7.47. The maximum absolute atomic E-state index is 12.1. The van der Waals surface area contributed by atoms with Gasteiger partial charge in [0, 0.05) is 38.8 Å². The summed E-state index contributed by atoms with van der Waals surface area (Å²) in [6.45, 7) is 6.77. The molecule has 1 heterocycles. The summed E-state index contributed by atoms with van der Waals surface area (Å²) < 4.78 is 5.84. The van der Waals surface area contributed by atoms with Crippen LogP contribution in [0.1, 0.15) is 17.5 Å². The molecule has 5 heteroatoms. The molecule has 0 bridgehead atoms. The zero-order valence-electron chi connectivity index (χ0n) is 17.2. The van der Waals surface area contributed by atoms with Crippen LogP contribution in [0.2, 0.25) is 0 Å². The van der Waals surface area contributed by atoms with E-state index < -0.39 is 0 Å². The van der Waals surface area contributed by atoms with Crippen molar-refractivity contribution in [1.29, 1.82) is 0 Å². The fraction of sp³-hybridized carbons (Fsp3) is 0.375. The molecule has 1 N–H and O–H groups in total. The average Bonchev–Trinajstić information content (AvgIpc) is 2.76. The number of benzene rings is 2. The van der Waals surface area contributed by atoms with Gasteiger partial charge in [0.15, 0.2) is 0 Å². The molecule has 0 radical (unpaired) electrons. The maximum Gasteiger partial charge on any atom is 0.243 e. The normalized spacial score (nSPS) is 15.5. The predicted molar refractivity (Wildman–Crippen MR) is 118 cm³/mol. The van der Waals surface area contributed by atoms with Crippen LogP contribution in [-0.2, 0) is 11.4 Å². The quantitative estimate of drug-likeness (QED) is 0.525. The number of carbonyl (C=O) groups is 1. The molecule has 0 spiro atoms. The molecule has 2 aromatic rings. The number of ether oxygens (including phenoxy) is 1. The molecular weight excluding hydrogens is 362 g/mol. The Morgan fingerprint density at radius 1 is 1.07 bits per heavy atom. The van der Waals surface area contributed by atoms with Crippen molar-refractivity contribution in [3.8, 4) is 5.75 Å². The lowest BCUT2D eigenvalue weighted by molar-refractivity contribution is -0.116. The van der Waals surface area contributed by atoms with Crippen molar-refractivity contribution in [2.75, 3.05) is 46.3 Å². The molecule has 0 aromatic heterocycles. The fourth-order valence-corrected chi connectivity index (χ4v) is 3.27. The Balaban J connectivity index is 1.37. The van der Waals surface area contributed by atoms with Crippen LogP contribution in [-0.4, -0.2) is 62.0 Å². The fourth-order valence-electron chi connectivity index (χ4n) is 3.27. The lowest BCUT2D eigenvalue weighted by Gasteiger charge is -2.32. The topological polar surface area (TPSA) is 44.8 Å². The van der Waals surface area contributed by atoms with Gasteiger partial charge in [0.25, 0.3) is 0 Å². The molecule has 0 atom stereocenters. The smallest absolute Gasteiger partial charge is 0.243 e. The van der Waals surface area contributed by atoms with E-state index in [1.807, 2.05) is 60.7 Å². The van der Waals surface area contributed by atoms with E-state index in [-0.39, 0.29) is 5.91 Å². The van der Waals surface area contributed by atoms with Crippen LogP contribution in [0.15, 0.2) is 60.7 Å². The summed E-state index contributed by atoms with van der Waals surface area (Å²) in [5.41, 5.74) is 2.08. The van der Waals surface area contributed by atoms with Gasteiger partial charge >= 0.3 is 0 Å². The zero-order chi connectivity index (χ0) is 20.3. The third-order valence-corrected chi connectivity index (χ3v) is 5.08. The number of nitrogens with one attached hydrogen (secondary N) is 1. The second-order valence-corrected chi connectivity index (χ2v) is 7.47. The predicted octanol–water partition coefficient (Wildman–Crippen LogP) is 3.03. The summed E-state index contributed by atoms with van der Waals surface area (Å²) in [5, 5.41) is 2.97. The van der Waals surface area contributed by atoms with Crippen molar-refractivity contribution in [3.05, 3.63) is 71.8 Å². The van der Waals surface area contributed by atoms with Crippen molar-refractivity contribution in [2.24, 2.45) is 0 Å². The first-order chi connectivity index (χ1) is 14.2. The van der Waals surface area contributed by atoms with E-state index in [4.69, 9.17) is 4.74 Å². The van der Waals surface area contributed by atoms with E-state index in [9.17, 15) is 4.79 Å². The van der Waals surface area contributed by atoms with Crippen molar-refractivity contribution in [1.82, 2.24) is 15.1 Å². The highest BCUT2D eigenvalue weighted by atomic mass is 16.5. The maximum atomic E-state index is 12.1. The Bertz CT molecular complexity index is 784. The molecule has 1 aliphatic rings. The van der Waals surface area contributed by atoms with Crippen molar-refractivity contribution >= 4 is 12.0 Å². The number of piperazine rings is 1. The summed E-state index contributed by atoms with van der Waals surface area (Å²) in [6, 6.07) is 17.9. The number of nitrogens with zero attached hydrogens (tertiary/aromatic N) is 2. The molecule has 1 saturated heterocycles. The van der Waals surface area contributed by atoms with Crippen LogP contribution in [0, 0.1) is 0 Å². The van der Waals surface area contributed by atoms with Crippen LogP contribution in [0.3, 0.4) is 0 Å². The summed E-state index contributed by atoms with van der Waals surface area (Å²) in [7, 11) is 2.16. The van der Waals surface area contributed by atoms with Crippen molar-refractivity contribution < 1.29 is 9.53 Å². The van der Waals surface area contributed by atoms with E-state index >= 15 is 0 Å². The largest absolute Gasteiger partial charge is 0.489 e. The van der Waals surface area contributed by atoms with Gasteiger partial charge in [-0.05, 0) is 49.3 Å². The molecule has 1 aliphatic heterocycles. The average molecular weight is 394 g/mol. The Morgan fingerprint density at radius 3 is 2.66 bits per heavy atom. The molecule has 2 aromatic carbocycles. The number of carbonyl (C=O) groups excluding carboxylic acids is 1. The Hall–Kier alpha value is -2.63. The van der Waals surface area contributed by atoms with E-state index in [1.165, 1.54) is 0 Å². The van der Waals surface area contributed by atoms with Crippen LogP contribution < -0.4 is 10.1 Å². The van der Waals surface area contributed by atoms with Gasteiger partial charge in [-0.2, -0.15) is 0 Å². The number of amides is 1. The molecule has 1 amide bonds. The summed E-state index contributed by atoms with van der Waals surface area (Å²) in [5.74, 6) is 0.738. The zero-order valence-corrected chi connectivity index (χ0v) is 17.2. The first-order valence-electron chi connectivity index (χ1n) is 10.3. The van der Waals surface area contributed by atoms with Crippen LogP contribution in [0.4, 0.5) is 0 Å². The minimum Gasteiger partial charge on any atom is -0.489 e. The van der Waals surface area contributed by atoms with Gasteiger partial charge in [0.05, 0.1) is 0 Å². The number of likely N-dealkylation sites (N-methyl/N-ethyl adjacent to an activating group) is 1. The summed E-state index contributed by atoms with van der Waals surface area (Å²) in [4.78, 5) is 16.9. The molecule has 0 aliphatic carbocycles. The molecule has 1 fully saturated rings. The van der Waals surface area contributed by atoms with Crippen LogP contribution >= 0.6 is 0 Å². The minimum absolute atomic E-state index is 0.0565. The molecule has 29 heavy (non-hydrogen) atoms. The van der Waals surface area contributed by atoms with E-state index in [0.29, 0.717) is 13.2 Å². The standard InChI is InChI=1S/C24H31N3O2/c1-26-15-17-27(18-16-26)14-6-13-25-24(28)12-11-21-9-5-10-23(19-21)29-20-22-7-3-2-4-8-22/h2-5,7-12,19H,6,13-18,20H2,1H3,(H,25,28)/b12-11+. The van der Waals surface area contributed by atoms with Gasteiger partial charge in [-0.3, -0.25) is 4.79 Å². The van der Waals surface area contributed by atoms with Crippen LogP contribution in [0.5, 0.6) is 5.75 Å². The Morgan fingerprint density at radius 2 is 1.86 bits per heavy atom. The first-order valence-corrected chi connectivity index (χ1v) is 10.3. The van der Waals surface area contributed by atoms with E-state index in [1.54, 1.807) is 6.08 Å². The Labute approximate surface area is 174 Å². The number of hydrogen-bond donors (Lipinski definition) is 1.